The highest BCUT2D eigenvalue weighted by Crippen LogP contribution is 2.31. The van der Waals surface area contributed by atoms with Gasteiger partial charge in [0.05, 0.1) is 18.4 Å². The zero-order chi connectivity index (χ0) is 15.5. The van der Waals surface area contributed by atoms with Crippen LogP contribution in [0.1, 0.15) is 30.1 Å². The number of carbonyl (C=O) groups is 1. The number of likely N-dealkylation sites (tertiary alicyclic amines) is 1. The summed E-state index contributed by atoms with van der Waals surface area (Å²) in [7, 11) is 3.49. The molecule has 21 heavy (non-hydrogen) atoms. The Morgan fingerprint density at radius 1 is 1.52 bits per heavy atom. The highest BCUT2D eigenvalue weighted by atomic mass is 16.5. The quantitative estimate of drug-likeness (QED) is 0.820. The Labute approximate surface area is 125 Å². The Morgan fingerprint density at radius 3 is 2.81 bits per heavy atom. The molecule has 0 saturated carbocycles. The van der Waals surface area contributed by atoms with Crippen LogP contribution >= 0.6 is 0 Å². The van der Waals surface area contributed by atoms with Crippen molar-refractivity contribution in [1.29, 1.82) is 0 Å². The maximum atomic E-state index is 11.6. The number of aromatic nitrogens is 1. The Morgan fingerprint density at radius 2 is 2.19 bits per heavy atom. The molecular weight excluding hydrogens is 268 g/mol. The van der Waals surface area contributed by atoms with Crippen LogP contribution in [0.15, 0.2) is 12.3 Å². The van der Waals surface area contributed by atoms with Gasteiger partial charge in [-0.25, -0.2) is 9.78 Å². The molecule has 1 aromatic heterocycles. The minimum Gasteiger partial charge on any atom is -0.465 e. The van der Waals surface area contributed by atoms with Crippen molar-refractivity contribution in [3.05, 3.63) is 17.8 Å². The van der Waals surface area contributed by atoms with Crippen LogP contribution in [0.4, 0.5) is 11.5 Å². The number of rotatable bonds is 4. The molecule has 3 N–H and O–H groups in total. The van der Waals surface area contributed by atoms with E-state index in [2.05, 4.69) is 29.2 Å². The van der Waals surface area contributed by atoms with Gasteiger partial charge in [0.1, 0.15) is 5.82 Å². The summed E-state index contributed by atoms with van der Waals surface area (Å²) in [6, 6.07) is 1.57. The van der Waals surface area contributed by atoms with Crippen molar-refractivity contribution < 1.29 is 9.53 Å². The summed E-state index contributed by atoms with van der Waals surface area (Å²) in [4.78, 5) is 18.2. The van der Waals surface area contributed by atoms with E-state index in [1.807, 2.05) is 0 Å². The van der Waals surface area contributed by atoms with Crippen LogP contribution in [0.5, 0.6) is 0 Å². The third kappa shape index (κ3) is 3.64. The molecule has 1 aliphatic rings. The lowest BCUT2D eigenvalue weighted by Gasteiger charge is -2.38. The number of piperidine rings is 1. The standard InChI is InChI=1S/C15H24N4O2/c1-15(5-8-19(2)9-6-15)10-18-13-12(16)11(4-7-17-13)14(20)21-3/h4,7H,5-6,8-10,16H2,1-3H3,(H,17,18). The van der Waals surface area contributed by atoms with Crippen molar-refractivity contribution in [2.75, 3.05) is 44.8 Å². The molecule has 6 nitrogen and oxygen atoms in total. The number of carbonyl (C=O) groups excluding carboxylic acids is 1. The number of ether oxygens (including phenoxy) is 1. The summed E-state index contributed by atoms with van der Waals surface area (Å²) in [5, 5.41) is 3.29. The molecule has 1 saturated heterocycles. The Hall–Kier alpha value is -1.82. The van der Waals surface area contributed by atoms with E-state index in [0.717, 1.165) is 32.5 Å². The van der Waals surface area contributed by atoms with Crippen LogP contribution in [0, 0.1) is 5.41 Å². The van der Waals surface area contributed by atoms with Crippen molar-refractivity contribution in [2.45, 2.75) is 19.8 Å². The van der Waals surface area contributed by atoms with E-state index in [0.29, 0.717) is 17.1 Å². The first kappa shape index (κ1) is 15.6. The first-order chi connectivity index (χ1) is 9.95. The summed E-state index contributed by atoms with van der Waals surface area (Å²) in [6.07, 6.45) is 3.84. The van der Waals surface area contributed by atoms with Crippen molar-refractivity contribution in [3.63, 3.8) is 0 Å². The smallest absolute Gasteiger partial charge is 0.340 e. The summed E-state index contributed by atoms with van der Waals surface area (Å²) < 4.78 is 4.72. The Bertz CT molecular complexity index is 510. The van der Waals surface area contributed by atoms with Crippen LogP contribution in [0.3, 0.4) is 0 Å². The normalized spacial score (nSPS) is 18.2. The van der Waals surface area contributed by atoms with E-state index in [4.69, 9.17) is 10.5 Å². The van der Waals surface area contributed by atoms with Crippen molar-refractivity contribution in [1.82, 2.24) is 9.88 Å². The highest BCUT2D eigenvalue weighted by molar-refractivity contribution is 5.97. The van der Waals surface area contributed by atoms with Crippen molar-refractivity contribution in [2.24, 2.45) is 5.41 Å². The number of pyridine rings is 1. The molecule has 116 valence electrons. The summed E-state index contributed by atoms with van der Waals surface area (Å²) in [5.41, 5.74) is 6.93. The molecule has 0 spiro atoms. The fourth-order valence-electron chi connectivity index (χ4n) is 2.53. The molecule has 1 aliphatic heterocycles. The first-order valence-corrected chi connectivity index (χ1v) is 7.20. The van der Waals surface area contributed by atoms with E-state index in [-0.39, 0.29) is 5.41 Å². The number of anilines is 2. The molecule has 2 rings (SSSR count). The largest absolute Gasteiger partial charge is 0.465 e. The molecule has 1 fully saturated rings. The second-order valence-electron chi connectivity index (χ2n) is 6.08. The zero-order valence-corrected chi connectivity index (χ0v) is 13.0. The maximum absolute atomic E-state index is 11.6. The average molecular weight is 292 g/mol. The van der Waals surface area contributed by atoms with E-state index < -0.39 is 5.97 Å². The molecule has 0 atom stereocenters. The second-order valence-corrected chi connectivity index (χ2v) is 6.08. The SMILES string of the molecule is COC(=O)c1ccnc(NCC2(C)CCN(C)CC2)c1N. The molecule has 0 amide bonds. The number of hydrogen-bond donors (Lipinski definition) is 2. The van der Waals surface area contributed by atoms with E-state index >= 15 is 0 Å². The van der Waals surface area contributed by atoms with Gasteiger partial charge in [0.25, 0.3) is 0 Å². The van der Waals surface area contributed by atoms with Crippen LogP contribution < -0.4 is 11.1 Å². The molecule has 0 bridgehead atoms. The van der Waals surface area contributed by atoms with Gasteiger partial charge in [-0.1, -0.05) is 6.92 Å². The van der Waals surface area contributed by atoms with Crippen molar-refractivity contribution >= 4 is 17.5 Å². The predicted octanol–water partition coefficient (Wildman–Crippen LogP) is 1.59. The molecule has 0 radical (unpaired) electrons. The average Bonchev–Trinajstić information content (AvgIpc) is 2.49. The highest BCUT2D eigenvalue weighted by Gasteiger charge is 2.29. The minimum absolute atomic E-state index is 0.224. The third-order valence-corrected chi connectivity index (χ3v) is 4.27. The van der Waals surface area contributed by atoms with Crippen LogP contribution in [-0.4, -0.2) is 49.6 Å². The number of esters is 1. The van der Waals surface area contributed by atoms with Crippen LogP contribution in [0.2, 0.25) is 0 Å². The van der Waals surface area contributed by atoms with Crippen LogP contribution in [-0.2, 0) is 4.74 Å². The number of nitrogens with two attached hydrogens (primary N) is 1. The van der Waals surface area contributed by atoms with Crippen molar-refractivity contribution in [3.8, 4) is 0 Å². The van der Waals surface area contributed by atoms with Gasteiger partial charge in [-0.05, 0) is 44.5 Å². The van der Waals surface area contributed by atoms with E-state index in [9.17, 15) is 4.79 Å². The van der Waals surface area contributed by atoms with E-state index in [1.165, 1.54) is 7.11 Å². The number of nitrogens with zero attached hydrogens (tertiary/aromatic N) is 2. The molecule has 2 heterocycles. The first-order valence-electron chi connectivity index (χ1n) is 7.20. The molecule has 0 aromatic carbocycles. The van der Waals surface area contributed by atoms with Gasteiger partial charge >= 0.3 is 5.97 Å². The van der Waals surface area contributed by atoms with E-state index in [1.54, 1.807) is 12.3 Å². The van der Waals surface area contributed by atoms with Crippen LogP contribution in [0.25, 0.3) is 0 Å². The lowest BCUT2D eigenvalue weighted by Crippen LogP contribution is -2.40. The van der Waals surface area contributed by atoms with Gasteiger partial charge in [-0.2, -0.15) is 0 Å². The fraction of sp³-hybridized carbons (Fsp3) is 0.600. The molecule has 1 aromatic rings. The lowest BCUT2D eigenvalue weighted by atomic mass is 9.80. The minimum atomic E-state index is -0.441. The monoisotopic (exact) mass is 292 g/mol. The lowest BCUT2D eigenvalue weighted by molar-refractivity contribution is 0.0602. The molecule has 0 aliphatic carbocycles. The summed E-state index contributed by atoms with van der Waals surface area (Å²) >= 11 is 0. The molecule has 0 unspecified atom stereocenters. The zero-order valence-electron chi connectivity index (χ0n) is 13.0. The number of nitrogen functional groups attached to an aromatic ring is 1. The van der Waals surface area contributed by atoms with Gasteiger partial charge < -0.3 is 20.7 Å². The number of methoxy groups -OCH3 is 1. The Kier molecular flexibility index (Phi) is 4.67. The summed E-state index contributed by atoms with van der Waals surface area (Å²) in [5.74, 6) is 0.113. The predicted molar refractivity (Wildman–Crippen MR) is 83.3 cm³/mol. The molecular formula is C15H24N4O2. The topological polar surface area (TPSA) is 80.5 Å². The fourth-order valence-corrected chi connectivity index (χ4v) is 2.53. The van der Waals surface area contributed by atoms with Gasteiger partial charge in [0.15, 0.2) is 0 Å². The Balaban J connectivity index is 2.05. The van der Waals surface area contributed by atoms with Gasteiger partial charge in [-0.15, -0.1) is 0 Å². The van der Waals surface area contributed by atoms with Gasteiger partial charge in [0.2, 0.25) is 0 Å². The maximum Gasteiger partial charge on any atom is 0.340 e. The number of nitrogens with one attached hydrogen (secondary N) is 1. The van der Waals surface area contributed by atoms with Gasteiger partial charge in [-0.3, -0.25) is 0 Å². The second kappa shape index (κ2) is 6.30. The third-order valence-electron chi connectivity index (χ3n) is 4.27. The molecule has 6 heteroatoms. The van der Waals surface area contributed by atoms with Gasteiger partial charge in [0, 0.05) is 12.7 Å². The summed E-state index contributed by atoms with van der Waals surface area (Å²) in [6.45, 7) is 5.27. The number of hydrogen-bond acceptors (Lipinski definition) is 6.